The van der Waals surface area contributed by atoms with Crippen LogP contribution in [0.3, 0.4) is 0 Å². The highest BCUT2D eigenvalue weighted by atomic mass is 127. The lowest BCUT2D eigenvalue weighted by atomic mass is 10.1. The Kier molecular flexibility index (Phi) is 7.91. The maximum atomic E-state index is 12.5. The standard InChI is InChI=1S/C18H23ClN6O.HI/c1-20-18(21-8-7-14-5-3-4-6-16(14)19)24-9-10-25(17(26)13-24)15-11-22-23(2)12-15;/h3-6,11-12H,7-10,13H2,1-2H3,(H,20,21);1H. The van der Waals surface area contributed by atoms with Gasteiger partial charge in [0.25, 0.3) is 0 Å². The molecule has 2 heterocycles. The maximum absolute atomic E-state index is 12.5. The molecule has 1 amide bonds. The zero-order chi connectivity index (χ0) is 18.5. The molecule has 1 saturated heterocycles. The number of piperazine rings is 1. The summed E-state index contributed by atoms with van der Waals surface area (Å²) in [5.74, 6) is 0.773. The fourth-order valence-corrected chi connectivity index (χ4v) is 3.25. The van der Waals surface area contributed by atoms with Crippen LogP contribution in [-0.2, 0) is 18.3 Å². The number of anilines is 1. The molecular formula is C18H24ClIN6O. The molecule has 3 rings (SSSR count). The van der Waals surface area contributed by atoms with E-state index >= 15 is 0 Å². The van der Waals surface area contributed by atoms with E-state index in [1.807, 2.05) is 42.4 Å². The Morgan fingerprint density at radius 3 is 2.74 bits per heavy atom. The van der Waals surface area contributed by atoms with Crippen molar-refractivity contribution in [2.24, 2.45) is 12.0 Å². The van der Waals surface area contributed by atoms with Crippen molar-refractivity contribution in [3.8, 4) is 0 Å². The molecule has 27 heavy (non-hydrogen) atoms. The highest BCUT2D eigenvalue weighted by Gasteiger charge is 2.27. The molecule has 0 unspecified atom stereocenters. The highest BCUT2D eigenvalue weighted by molar-refractivity contribution is 14.0. The third-order valence-electron chi connectivity index (χ3n) is 4.37. The molecule has 0 aliphatic carbocycles. The summed E-state index contributed by atoms with van der Waals surface area (Å²) in [6, 6.07) is 7.81. The van der Waals surface area contributed by atoms with Crippen LogP contribution in [0.2, 0.25) is 5.02 Å². The van der Waals surface area contributed by atoms with Gasteiger partial charge in [-0.25, -0.2) is 0 Å². The van der Waals surface area contributed by atoms with E-state index in [9.17, 15) is 4.79 Å². The van der Waals surface area contributed by atoms with Crippen molar-refractivity contribution < 1.29 is 4.79 Å². The molecule has 2 aromatic rings. The molecule has 1 aromatic carbocycles. The number of nitrogens with zero attached hydrogens (tertiary/aromatic N) is 5. The lowest BCUT2D eigenvalue weighted by Crippen LogP contribution is -2.55. The summed E-state index contributed by atoms with van der Waals surface area (Å²) >= 11 is 6.19. The van der Waals surface area contributed by atoms with E-state index in [-0.39, 0.29) is 29.9 Å². The first-order valence-corrected chi connectivity index (χ1v) is 8.94. The lowest BCUT2D eigenvalue weighted by molar-refractivity contribution is -0.120. The highest BCUT2D eigenvalue weighted by Crippen LogP contribution is 2.17. The summed E-state index contributed by atoms with van der Waals surface area (Å²) in [6.07, 6.45) is 4.36. The summed E-state index contributed by atoms with van der Waals surface area (Å²) < 4.78 is 1.70. The van der Waals surface area contributed by atoms with E-state index in [4.69, 9.17) is 11.6 Å². The Bertz CT molecular complexity index is 809. The monoisotopic (exact) mass is 502 g/mol. The topological polar surface area (TPSA) is 65.8 Å². The van der Waals surface area contributed by atoms with Crippen molar-refractivity contribution in [3.05, 3.63) is 47.2 Å². The molecule has 0 radical (unpaired) electrons. The van der Waals surface area contributed by atoms with Gasteiger partial charge < -0.3 is 15.1 Å². The van der Waals surface area contributed by atoms with Gasteiger partial charge in [0.2, 0.25) is 5.91 Å². The number of carbonyl (C=O) groups is 1. The van der Waals surface area contributed by atoms with Crippen molar-refractivity contribution in [2.45, 2.75) is 6.42 Å². The van der Waals surface area contributed by atoms with Crippen LogP contribution in [0.15, 0.2) is 41.7 Å². The van der Waals surface area contributed by atoms with Gasteiger partial charge >= 0.3 is 0 Å². The number of guanidine groups is 1. The van der Waals surface area contributed by atoms with Crippen molar-refractivity contribution in [1.82, 2.24) is 20.0 Å². The molecule has 9 heteroatoms. The van der Waals surface area contributed by atoms with Crippen LogP contribution in [0.25, 0.3) is 0 Å². The lowest BCUT2D eigenvalue weighted by Gasteiger charge is -2.35. The number of benzene rings is 1. The number of amides is 1. The zero-order valence-electron chi connectivity index (χ0n) is 15.4. The van der Waals surface area contributed by atoms with Gasteiger partial charge in [0.15, 0.2) is 5.96 Å². The first-order chi connectivity index (χ1) is 12.6. The van der Waals surface area contributed by atoms with Crippen LogP contribution in [0.5, 0.6) is 0 Å². The van der Waals surface area contributed by atoms with E-state index < -0.39 is 0 Å². The molecule has 1 fully saturated rings. The van der Waals surface area contributed by atoms with Gasteiger partial charge in [-0.05, 0) is 18.1 Å². The van der Waals surface area contributed by atoms with E-state index in [0.717, 1.165) is 28.7 Å². The van der Waals surface area contributed by atoms with E-state index in [1.54, 1.807) is 22.8 Å². The maximum Gasteiger partial charge on any atom is 0.246 e. The predicted octanol–water partition coefficient (Wildman–Crippen LogP) is 2.16. The van der Waals surface area contributed by atoms with Crippen molar-refractivity contribution in [3.63, 3.8) is 0 Å². The van der Waals surface area contributed by atoms with E-state index in [2.05, 4.69) is 15.4 Å². The van der Waals surface area contributed by atoms with Crippen molar-refractivity contribution >= 4 is 53.1 Å². The summed E-state index contributed by atoms with van der Waals surface area (Å²) in [6.45, 7) is 2.32. The Hall–Kier alpha value is -1.81. The molecule has 1 aliphatic heterocycles. The summed E-state index contributed by atoms with van der Waals surface area (Å²) in [4.78, 5) is 20.6. The second-order valence-corrected chi connectivity index (χ2v) is 6.56. The largest absolute Gasteiger partial charge is 0.356 e. The SMILES string of the molecule is CN=C(NCCc1ccccc1Cl)N1CCN(c2cnn(C)c2)C(=O)C1.I. The number of halogens is 2. The number of hydrogen-bond donors (Lipinski definition) is 1. The molecule has 1 N–H and O–H groups in total. The summed E-state index contributed by atoms with van der Waals surface area (Å²) in [5.41, 5.74) is 1.92. The fourth-order valence-electron chi connectivity index (χ4n) is 3.02. The Labute approximate surface area is 181 Å². The average Bonchev–Trinajstić information content (AvgIpc) is 3.06. The number of carbonyl (C=O) groups excluding carboxylic acids is 1. The van der Waals surface area contributed by atoms with Gasteiger partial charge in [0.1, 0.15) is 6.54 Å². The number of aryl methyl sites for hydroxylation is 1. The molecule has 0 bridgehead atoms. The van der Waals surface area contributed by atoms with Crippen LogP contribution in [0, 0.1) is 0 Å². The minimum Gasteiger partial charge on any atom is -0.356 e. The third-order valence-corrected chi connectivity index (χ3v) is 4.74. The molecule has 1 aromatic heterocycles. The number of hydrogen-bond acceptors (Lipinski definition) is 3. The fraction of sp³-hybridized carbons (Fsp3) is 0.389. The molecule has 0 saturated carbocycles. The minimum atomic E-state index is 0. The van der Waals surface area contributed by atoms with Gasteiger partial charge in [0.05, 0.1) is 11.9 Å². The average molecular weight is 503 g/mol. The molecule has 0 spiro atoms. The van der Waals surface area contributed by atoms with Crippen LogP contribution >= 0.6 is 35.6 Å². The third kappa shape index (κ3) is 5.35. The van der Waals surface area contributed by atoms with E-state index in [0.29, 0.717) is 26.2 Å². The predicted molar refractivity (Wildman–Crippen MR) is 119 cm³/mol. The van der Waals surface area contributed by atoms with E-state index in [1.165, 1.54) is 0 Å². The molecule has 7 nitrogen and oxygen atoms in total. The first kappa shape index (κ1) is 21.5. The Morgan fingerprint density at radius 1 is 1.33 bits per heavy atom. The van der Waals surface area contributed by atoms with Gasteiger partial charge in [0, 0.05) is 44.9 Å². The minimum absolute atomic E-state index is 0. The van der Waals surface area contributed by atoms with Gasteiger partial charge in [-0.15, -0.1) is 24.0 Å². The molecule has 1 aliphatic rings. The normalized spacial score (nSPS) is 14.9. The number of aromatic nitrogens is 2. The van der Waals surface area contributed by atoms with Crippen LogP contribution in [-0.4, -0.2) is 59.8 Å². The molecule has 0 atom stereocenters. The zero-order valence-corrected chi connectivity index (χ0v) is 18.5. The van der Waals surface area contributed by atoms with Crippen molar-refractivity contribution in [2.75, 3.05) is 38.1 Å². The molecule has 146 valence electrons. The van der Waals surface area contributed by atoms with Gasteiger partial charge in [-0.1, -0.05) is 29.8 Å². The number of aliphatic imine (C=N–C) groups is 1. The number of rotatable bonds is 4. The van der Waals surface area contributed by atoms with Gasteiger partial charge in [-0.3, -0.25) is 14.5 Å². The number of nitrogens with one attached hydrogen (secondary N) is 1. The second kappa shape index (κ2) is 9.93. The Morgan fingerprint density at radius 2 is 2.11 bits per heavy atom. The first-order valence-electron chi connectivity index (χ1n) is 8.56. The smallest absolute Gasteiger partial charge is 0.246 e. The van der Waals surface area contributed by atoms with Crippen LogP contribution in [0.4, 0.5) is 5.69 Å². The quantitative estimate of drug-likeness (QED) is 0.395. The summed E-state index contributed by atoms with van der Waals surface area (Å²) in [7, 11) is 3.57. The Balaban J connectivity index is 0.00000261. The molecular weight excluding hydrogens is 479 g/mol. The summed E-state index contributed by atoms with van der Waals surface area (Å²) in [5, 5.41) is 8.23. The van der Waals surface area contributed by atoms with Gasteiger partial charge in [-0.2, -0.15) is 5.10 Å². The van der Waals surface area contributed by atoms with Crippen molar-refractivity contribution in [1.29, 1.82) is 0 Å². The van der Waals surface area contributed by atoms with Crippen LogP contribution in [0.1, 0.15) is 5.56 Å². The van der Waals surface area contributed by atoms with Crippen LogP contribution < -0.4 is 10.2 Å². The second-order valence-electron chi connectivity index (χ2n) is 6.15.